The van der Waals surface area contributed by atoms with Crippen LogP contribution in [-0.4, -0.2) is 36.1 Å². The molecule has 0 atom stereocenters. The lowest BCUT2D eigenvalue weighted by Crippen LogP contribution is -2.13. The number of nitrogens with one attached hydrogen (secondary N) is 2. The number of fused-ring (bicyclic) bond motifs is 1. The predicted octanol–water partition coefficient (Wildman–Crippen LogP) is 3.36. The zero-order valence-electron chi connectivity index (χ0n) is 14.8. The number of amides is 1. The second kappa shape index (κ2) is 7.83. The van der Waals surface area contributed by atoms with Crippen LogP contribution in [0.3, 0.4) is 0 Å². The van der Waals surface area contributed by atoms with Crippen LogP contribution < -0.4 is 10.6 Å². The molecule has 0 fully saturated rings. The molecule has 140 valence electrons. The molecule has 1 aromatic heterocycles. The van der Waals surface area contributed by atoms with E-state index in [1.165, 1.54) is 18.2 Å². The Hall–Kier alpha value is -3.46. The van der Waals surface area contributed by atoms with E-state index in [0.717, 1.165) is 0 Å². The number of anilines is 2. The molecule has 0 unspecified atom stereocenters. The maximum Gasteiger partial charge on any atom is 0.293 e. The maximum atomic E-state index is 12.5. The first-order chi connectivity index (χ1) is 13.0. The number of oxazole rings is 1. The minimum atomic E-state index is -0.532. The Kier molecular flexibility index (Phi) is 5.32. The van der Waals surface area contributed by atoms with Crippen LogP contribution in [-0.2, 0) is 4.74 Å². The molecule has 0 radical (unpaired) electrons. The molecule has 2 N–H and O–H groups in total. The molecule has 9 nitrogen and oxygen atoms in total. The van der Waals surface area contributed by atoms with Crippen LogP contribution in [0.25, 0.3) is 11.1 Å². The number of nitro groups is 1. The first-order valence-electron chi connectivity index (χ1n) is 8.17. The van der Waals surface area contributed by atoms with E-state index in [4.69, 9.17) is 9.15 Å². The Morgan fingerprint density at radius 2 is 2.11 bits per heavy atom. The standard InChI is InChI=1S/C18H18N4O5/c1-11-20-15-10-13(4-6-17(15)27-11)21-18(23)12-3-5-14(19-7-8-26-2)16(9-12)22(24)25/h3-6,9-10,19H,7-8H2,1-2H3,(H,21,23). The number of rotatable bonds is 7. The van der Waals surface area contributed by atoms with Gasteiger partial charge in [0.1, 0.15) is 11.2 Å². The summed E-state index contributed by atoms with van der Waals surface area (Å²) < 4.78 is 10.3. The van der Waals surface area contributed by atoms with Gasteiger partial charge in [-0.2, -0.15) is 0 Å². The van der Waals surface area contributed by atoms with Gasteiger partial charge in [0.2, 0.25) is 0 Å². The molecule has 9 heteroatoms. The van der Waals surface area contributed by atoms with E-state index in [2.05, 4.69) is 15.6 Å². The number of aromatic nitrogens is 1. The largest absolute Gasteiger partial charge is 0.441 e. The first-order valence-corrected chi connectivity index (χ1v) is 8.17. The van der Waals surface area contributed by atoms with Crippen molar-refractivity contribution in [3.8, 4) is 0 Å². The number of aryl methyl sites for hydroxylation is 1. The van der Waals surface area contributed by atoms with Gasteiger partial charge < -0.3 is 19.8 Å². The highest BCUT2D eigenvalue weighted by atomic mass is 16.6. The molecule has 0 saturated carbocycles. The minimum Gasteiger partial charge on any atom is -0.441 e. The van der Waals surface area contributed by atoms with Crippen LogP contribution in [0.1, 0.15) is 16.2 Å². The van der Waals surface area contributed by atoms with E-state index in [9.17, 15) is 14.9 Å². The molecule has 0 aliphatic rings. The fourth-order valence-corrected chi connectivity index (χ4v) is 2.58. The fourth-order valence-electron chi connectivity index (χ4n) is 2.58. The van der Waals surface area contributed by atoms with E-state index in [1.54, 1.807) is 32.2 Å². The van der Waals surface area contributed by atoms with Gasteiger partial charge in [-0.05, 0) is 30.3 Å². The fraction of sp³-hybridized carbons (Fsp3) is 0.222. The highest BCUT2D eigenvalue weighted by Gasteiger charge is 2.18. The van der Waals surface area contributed by atoms with E-state index in [-0.39, 0.29) is 11.3 Å². The topological polar surface area (TPSA) is 120 Å². The summed E-state index contributed by atoms with van der Waals surface area (Å²) in [6.45, 7) is 2.56. The van der Waals surface area contributed by atoms with Crippen molar-refractivity contribution in [2.75, 3.05) is 30.9 Å². The number of carbonyl (C=O) groups is 1. The summed E-state index contributed by atoms with van der Waals surface area (Å²) >= 11 is 0. The van der Waals surface area contributed by atoms with E-state index >= 15 is 0 Å². The van der Waals surface area contributed by atoms with Gasteiger partial charge in [0.05, 0.1) is 11.5 Å². The average Bonchev–Trinajstić information content (AvgIpc) is 3.01. The Bertz CT molecular complexity index is 999. The molecular formula is C18H18N4O5. The molecule has 0 bridgehead atoms. The van der Waals surface area contributed by atoms with Crippen LogP contribution in [0.4, 0.5) is 17.1 Å². The van der Waals surface area contributed by atoms with Crippen LogP contribution in [0.2, 0.25) is 0 Å². The number of carbonyl (C=O) groups excluding carboxylic acids is 1. The van der Waals surface area contributed by atoms with Gasteiger partial charge in [-0.3, -0.25) is 14.9 Å². The van der Waals surface area contributed by atoms with Crippen molar-refractivity contribution in [2.45, 2.75) is 6.92 Å². The summed E-state index contributed by atoms with van der Waals surface area (Å²) in [7, 11) is 1.54. The Balaban J connectivity index is 1.80. The van der Waals surface area contributed by atoms with Gasteiger partial charge in [0.25, 0.3) is 11.6 Å². The number of nitrogens with zero attached hydrogens (tertiary/aromatic N) is 2. The van der Waals surface area contributed by atoms with E-state index < -0.39 is 10.8 Å². The molecule has 0 spiro atoms. The Morgan fingerprint density at radius 3 is 2.85 bits per heavy atom. The van der Waals surface area contributed by atoms with Crippen LogP contribution in [0.5, 0.6) is 0 Å². The molecule has 1 heterocycles. The summed E-state index contributed by atoms with van der Waals surface area (Å²) in [5, 5.41) is 17.0. The molecule has 2 aromatic carbocycles. The second-order valence-corrected chi connectivity index (χ2v) is 5.78. The van der Waals surface area contributed by atoms with Gasteiger partial charge >= 0.3 is 0 Å². The van der Waals surface area contributed by atoms with Crippen LogP contribution >= 0.6 is 0 Å². The second-order valence-electron chi connectivity index (χ2n) is 5.78. The van der Waals surface area contributed by atoms with Crippen molar-refractivity contribution >= 4 is 34.1 Å². The molecular weight excluding hydrogens is 352 g/mol. The van der Waals surface area contributed by atoms with Crippen molar-refractivity contribution in [3.05, 3.63) is 58.0 Å². The summed E-state index contributed by atoms with van der Waals surface area (Å²) in [6.07, 6.45) is 0. The number of ether oxygens (including phenoxy) is 1. The van der Waals surface area contributed by atoms with Crippen LogP contribution in [0, 0.1) is 17.0 Å². The van der Waals surface area contributed by atoms with Gasteiger partial charge in [-0.25, -0.2) is 4.98 Å². The summed E-state index contributed by atoms with van der Waals surface area (Å²) in [4.78, 5) is 27.5. The number of nitro benzene ring substituents is 1. The smallest absolute Gasteiger partial charge is 0.293 e. The zero-order chi connectivity index (χ0) is 19.4. The summed E-state index contributed by atoms with van der Waals surface area (Å²) in [5.74, 6) is 0.0711. The van der Waals surface area contributed by atoms with Crippen LogP contribution in [0.15, 0.2) is 40.8 Å². The number of hydrogen-bond acceptors (Lipinski definition) is 7. The highest BCUT2D eigenvalue weighted by Crippen LogP contribution is 2.26. The monoisotopic (exact) mass is 370 g/mol. The molecule has 3 aromatic rings. The van der Waals surface area contributed by atoms with E-state index in [0.29, 0.717) is 41.5 Å². The first kappa shape index (κ1) is 18.3. The SMILES string of the molecule is COCCNc1ccc(C(=O)Nc2ccc3oc(C)nc3c2)cc1[N+](=O)[O-]. The Morgan fingerprint density at radius 1 is 1.30 bits per heavy atom. The highest BCUT2D eigenvalue weighted by molar-refractivity contribution is 6.05. The normalized spacial score (nSPS) is 10.7. The third kappa shape index (κ3) is 4.21. The van der Waals surface area contributed by atoms with Gasteiger partial charge in [-0.15, -0.1) is 0 Å². The molecule has 0 saturated heterocycles. The van der Waals surface area contributed by atoms with Crippen molar-refractivity contribution in [2.24, 2.45) is 0 Å². The predicted molar refractivity (Wildman–Crippen MR) is 100 cm³/mol. The zero-order valence-corrected chi connectivity index (χ0v) is 14.8. The third-order valence-corrected chi connectivity index (χ3v) is 3.83. The van der Waals surface area contributed by atoms with Crippen molar-refractivity contribution in [1.29, 1.82) is 0 Å². The number of benzene rings is 2. The van der Waals surface area contributed by atoms with Gasteiger partial charge in [0, 0.05) is 37.9 Å². The maximum absolute atomic E-state index is 12.5. The quantitative estimate of drug-likeness (QED) is 0.372. The minimum absolute atomic E-state index is 0.176. The van der Waals surface area contributed by atoms with Crippen molar-refractivity contribution < 1.29 is 18.9 Å². The molecule has 27 heavy (non-hydrogen) atoms. The van der Waals surface area contributed by atoms with Gasteiger partial charge in [-0.1, -0.05) is 0 Å². The molecule has 0 aliphatic heterocycles. The van der Waals surface area contributed by atoms with Crippen molar-refractivity contribution in [1.82, 2.24) is 4.98 Å². The summed E-state index contributed by atoms with van der Waals surface area (Å²) in [5.41, 5.74) is 2.08. The van der Waals surface area contributed by atoms with Crippen molar-refractivity contribution in [3.63, 3.8) is 0 Å². The molecule has 1 amide bonds. The number of methoxy groups -OCH3 is 1. The van der Waals surface area contributed by atoms with Gasteiger partial charge in [0.15, 0.2) is 11.5 Å². The lowest BCUT2D eigenvalue weighted by Gasteiger charge is -2.09. The Labute approximate surface area is 154 Å². The molecule has 3 rings (SSSR count). The average molecular weight is 370 g/mol. The summed E-state index contributed by atoms with van der Waals surface area (Å²) in [6, 6.07) is 9.33. The number of hydrogen-bond donors (Lipinski definition) is 2. The lowest BCUT2D eigenvalue weighted by atomic mass is 10.1. The third-order valence-electron chi connectivity index (χ3n) is 3.83. The lowest BCUT2D eigenvalue weighted by molar-refractivity contribution is -0.384. The molecule has 0 aliphatic carbocycles. The van der Waals surface area contributed by atoms with E-state index in [1.807, 2.05) is 0 Å².